The first-order valence-corrected chi connectivity index (χ1v) is 8.82. The second-order valence-corrected chi connectivity index (χ2v) is 6.10. The van der Waals surface area contributed by atoms with Crippen LogP contribution in [0, 0.1) is 10.1 Å². The Morgan fingerprint density at radius 2 is 1.89 bits per heavy atom. The van der Waals surface area contributed by atoms with Crippen LogP contribution >= 0.6 is 0 Å². The monoisotopic (exact) mass is 384 g/mol. The van der Waals surface area contributed by atoms with Crippen LogP contribution in [0.2, 0.25) is 0 Å². The van der Waals surface area contributed by atoms with Crippen LogP contribution in [0.3, 0.4) is 0 Å². The fraction of sp³-hybridized carbons (Fsp3) is 0.263. The fourth-order valence-electron chi connectivity index (χ4n) is 2.87. The maximum atomic E-state index is 12.3. The number of ether oxygens (including phenoxy) is 1. The molecule has 0 fully saturated rings. The molecule has 1 heterocycles. The van der Waals surface area contributed by atoms with Crippen LogP contribution in [0.4, 0.5) is 17.1 Å². The summed E-state index contributed by atoms with van der Waals surface area (Å²) < 4.78 is 5.55. The van der Waals surface area contributed by atoms with E-state index < -0.39 is 4.92 Å². The van der Waals surface area contributed by atoms with Gasteiger partial charge in [0.1, 0.15) is 18.0 Å². The van der Waals surface area contributed by atoms with Gasteiger partial charge in [-0.25, -0.2) is 0 Å². The van der Waals surface area contributed by atoms with Crippen molar-refractivity contribution in [3.05, 3.63) is 58.6 Å². The molecule has 2 N–H and O–H groups in total. The summed E-state index contributed by atoms with van der Waals surface area (Å²) in [7, 11) is 0. The van der Waals surface area contributed by atoms with E-state index in [2.05, 4.69) is 10.6 Å². The molecule has 2 aromatic carbocycles. The molecule has 0 bridgehead atoms. The number of nitrogens with one attached hydrogen (secondary N) is 2. The lowest BCUT2D eigenvalue weighted by molar-refractivity contribution is -0.384. The molecule has 146 valence electrons. The fourth-order valence-corrected chi connectivity index (χ4v) is 2.87. The molecule has 1 aliphatic rings. The minimum absolute atomic E-state index is 0.0272. The topological polar surface area (TPSA) is 114 Å². The molecule has 0 aliphatic carbocycles. The highest BCUT2D eigenvalue weighted by Gasteiger charge is 2.24. The van der Waals surface area contributed by atoms with Crippen LogP contribution in [0.5, 0.6) is 5.75 Å². The molecule has 0 spiro atoms. The van der Waals surface area contributed by atoms with Gasteiger partial charge in [-0.3, -0.25) is 24.6 Å². The van der Waals surface area contributed by atoms with Gasteiger partial charge in [-0.05, 0) is 18.2 Å². The summed E-state index contributed by atoms with van der Waals surface area (Å²) in [6, 6.07) is 13.4. The Bertz CT molecular complexity index is 886. The van der Waals surface area contributed by atoms with Crippen molar-refractivity contribution in [1.82, 2.24) is 5.32 Å². The highest BCUT2D eigenvalue weighted by atomic mass is 16.6. The average molecular weight is 384 g/mol. The maximum Gasteiger partial charge on any atom is 0.292 e. The number of amides is 2. The first-order valence-electron chi connectivity index (χ1n) is 8.82. The molecule has 0 radical (unpaired) electrons. The number of benzene rings is 2. The van der Waals surface area contributed by atoms with Crippen LogP contribution in [0.25, 0.3) is 0 Å². The summed E-state index contributed by atoms with van der Waals surface area (Å²) in [5, 5.41) is 16.6. The van der Waals surface area contributed by atoms with E-state index in [0.717, 1.165) is 0 Å². The zero-order valence-corrected chi connectivity index (χ0v) is 15.1. The smallest absolute Gasteiger partial charge is 0.292 e. The minimum Gasteiger partial charge on any atom is -0.491 e. The van der Waals surface area contributed by atoms with Crippen molar-refractivity contribution in [3.63, 3.8) is 0 Å². The van der Waals surface area contributed by atoms with Crippen LogP contribution in [-0.2, 0) is 9.59 Å². The average Bonchev–Trinajstić information content (AvgIpc) is 2.84. The van der Waals surface area contributed by atoms with E-state index in [1.807, 2.05) is 0 Å². The van der Waals surface area contributed by atoms with Gasteiger partial charge < -0.3 is 15.4 Å². The van der Waals surface area contributed by atoms with Gasteiger partial charge in [0.05, 0.1) is 23.6 Å². The molecule has 0 aromatic heterocycles. The van der Waals surface area contributed by atoms with Gasteiger partial charge in [-0.15, -0.1) is 0 Å². The summed E-state index contributed by atoms with van der Waals surface area (Å²) >= 11 is 0. The van der Waals surface area contributed by atoms with Gasteiger partial charge in [0.15, 0.2) is 0 Å². The zero-order valence-electron chi connectivity index (χ0n) is 15.1. The van der Waals surface area contributed by atoms with Gasteiger partial charge in [-0.1, -0.05) is 24.3 Å². The summed E-state index contributed by atoms with van der Waals surface area (Å²) in [4.78, 5) is 36.5. The zero-order chi connectivity index (χ0) is 19.9. The Labute approximate surface area is 161 Å². The number of fused-ring (bicyclic) bond motifs is 1. The molecular weight excluding hydrogens is 364 g/mol. The second kappa shape index (κ2) is 8.85. The third-order valence-electron chi connectivity index (χ3n) is 4.20. The van der Waals surface area contributed by atoms with Gasteiger partial charge in [0, 0.05) is 19.2 Å². The van der Waals surface area contributed by atoms with Crippen LogP contribution in [-0.4, -0.2) is 43.0 Å². The molecule has 2 amide bonds. The molecule has 0 unspecified atom stereocenters. The Balaban J connectivity index is 1.54. The third kappa shape index (κ3) is 4.56. The molecule has 0 atom stereocenters. The van der Waals surface area contributed by atoms with Crippen molar-refractivity contribution < 1.29 is 19.2 Å². The quantitative estimate of drug-likeness (QED) is 0.428. The van der Waals surface area contributed by atoms with Gasteiger partial charge in [-0.2, -0.15) is 0 Å². The number of carbonyl (C=O) groups excluding carboxylic acids is 2. The Kier molecular flexibility index (Phi) is 6.05. The predicted octanol–water partition coefficient (Wildman–Crippen LogP) is 1.94. The van der Waals surface area contributed by atoms with Crippen LogP contribution < -0.4 is 20.3 Å². The molecule has 1 aliphatic heterocycles. The van der Waals surface area contributed by atoms with Crippen LogP contribution in [0.1, 0.15) is 6.42 Å². The third-order valence-corrected chi connectivity index (χ3v) is 4.20. The highest BCUT2D eigenvalue weighted by Crippen LogP contribution is 2.30. The SMILES string of the molecule is O=C(CN1C(=O)CCOc2ccccc21)NCCNc1ccccc1[N+](=O)[O-]. The second-order valence-electron chi connectivity index (χ2n) is 6.10. The molecule has 9 nitrogen and oxygen atoms in total. The summed E-state index contributed by atoms with van der Waals surface area (Å²) in [6.07, 6.45) is 0.196. The molecule has 3 rings (SSSR count). The standard InChI is InChI=1S/C19H20N4O5/c24-18(21-11-10-20-14-5-1-2-6-15(14)23(26)27)13-22-16-7-3-4-8-17(16)28-12-9-19(22)25/h1-8,20H,9-13H2,(H,21,24). The van der Waals surface area contributed by atoms with Crippen molar-refractivity contribution in [2.75, 3.05) is 36.5 Å². The largest absolute Gasteiger partial charge is 0.491 e. The number of para-hydroxylation sites is 4. The van der Waals surface area contributed by atoms with E-state index in [9.17, 15) is 19.7 Å². The van der Waals surface area contributed by atoms with E-state index >= 15 is 0 Å². The van der Waals surface area contributed by atoms with E-state index in [-0.39, 0.29) is 43.6 Å². The van der Waals surface area contributed by atoms with Crippen LogP contribution in [0.15, 0.2) is 48.5 Å². The van der Waals surface area contributed by atoms with Crippen molar-refractivity contribution in [2.45, 2.75) is 6.42 Å². The van der Waals surface area contributed by atoms with Crippen molar-refractivity contribution in [2.24, 2.45) is 0 Å². The lowest BCUT2D eigenvalue weighted by Crippen LogP contribution is -2.41. The number of anilines is 2. The first-order chi connectivity index (χ1) is 13.6. The summed E-state index contributed by atoms with van der Waals surface area (Å²) in [5.74, 6) is 0.0618. The molecule has 28 heavy (non-hydrogen) atoms. The number of nitro groups is 1. The lowest BCUT2D eigenvalue weighted by Gasteiger charge is -2.21. The van der Waals surface area contributed by atoms with Gasteiger partial charge in [0.25, 0.3) is 5.69 Å². The minimum atomic E-state index is -0.467. The van der Waals surface area contributed by atoms with E-state index in [1.54, 1.807) is 42.5 Å². The Hall–Kier alpha value is -3.62. The van der Waals surface area contributed by atoms with Gasteiger partial charge in [0.2, 0.25) is 11.8 Å². The highest BCUT2D eigenvalue weighted by molar-refractivity contribution is 6.00. The number of carbonyl (C=O) groups is 2. The van der Waals surface area contributed by atoms with Crippen molar-refractivity contribution in [3.8, 4) is 5.75 Å². The predicted molar refractivity (Wildman–Crippen MR) is 104 cm³/mol. The number of hydrogen-bond donors (Lipinski definition) is 2. The number of nitrogens with zero attached hydrogens (tertiary/aromatic N) is 2. The number of hydrogen-bond acceptors (Lipinski definition) is 6. The molecule has 9 heteroatoms. The first kappa shape index (κ1) is 19.2. The maximum absolute atomic E-state index is 12.3. The van der Waals surface area contributed by atoms with E-state index in [0.29, 0.717) is 23.7 Å². The van der Waals surface area contributed by atoms with Gasteiger partial charge >= 0.3 is 0 Å². The van der Waals surface area contributed by atoms with Crippen molar-refractivity contribution >= 4 is 28.9 Å². The summed E-state index contributed by atoms with van der Waals surface area (Å²) in [5.41, 5.74) is 0.925. The Morgan fingerprint density at radius 3 is 2.71 bits per heavy atom. The number of rotatable bonds is 7. The molecular formula is C19H20N4O5. The van der Waals surface area contributed by atoms with Crippen molar-refractivity contribution in [1.29, 1.82) is 0 Å². The van der Waals surface area contributed by atoms with E-state index in [4.69, 9.17) is 4.74 Å². The Morgan fingerprint density at radius 1 is 1.14 bits per heavy atom. The number of nitro benzene ring substituents is 1. The molecule has 2 aromatic rings. The molecule has 0 saturated carbocycles. The molecule has 0 saturated heterocycles. The summed E-state index contributed by atoms with van der Waals surface area (Å²) in [6.45, 7) is 0.716. The lowest BCUT2D eigenvalue weighted by atomic mass is 10.2. The van der Waals surface area contributed by atoms with E-state index in [1.165, 1.54) is 11.0 Å². The normalized spacial score (nSPS) is 13.1.